The fourth-order valence-corrected chi connectivity index (χ4v) is 2.37. The number of anilines is 1. The molecule has 17 heavy (non-hydrogen) atoms. The van der Waals surface area contributed by atoms with Gasteiger partial charge in [-0.05, 0) is 35.7 Å². The summed E-state index contributed by atoms with van der Waals surface area (Å²) in [6.45, 7) is 2.02. The van der Waals surface area contributed by atoms with Gasteiger partial charge in [0.15, 0.2) is 5.82 Å². The summed E-state index contributed by atoms with van der Waals surface area (Å²) in [5, 5.41) is 7.38. The number of nitrogens with one attached hydrogen (secondary N) is 2. The second-order valence-corrected chi connectivity index (χ2v) is 4.93. The minimum Gasteiger partial charge on any atom is -0.366 e. The van der Waals surface area contributed by atoms with E-state index < -0.39 is 0 Å². The van der Waals surface area contributed by atoms with Crippen molar-refractivity contribution in [3.8, 4) is 0 Å². The van der Waals surface area contributed by atoms with E-state index in [0.29, 0.717) is 5.82 Å². The van der Waals surface area contributed by atoms with E-state index in [0.717, 1.165) is 6.42 Å². The number of nitrogens with zero attached hydrogens (tertiary/aromatic N) is 1. The molecule has 0 aliphatic carbocycles. The number of hydrogen-bond acceptors (Lipinski definition) is 4. The maximum absolute atomic E-state index is 11.3. The zero-order chi connectivity index (χ0) is 12.3. The molecule has 0 radical (unpaired) electrons. The number of aromatic amines is 1. The molecule has 0 aliphatic rings. The summed E-state index contributed by atoms with van der Waals surface area (Å²) in [6.07, 6.45) is 2.21. The fraction of sp³-hybridized carbons (Fsp3) is 0.273. The molecule has 0 saturated heterocycles. The van der Waals surface area contributed by atoms with Crippen molar-refractivity contribution in [2.45, 2.75) is 19.4 Å². The molecule has 0 amide bonds. The van der Waals surface area contributed by atoms with Gasteiger partial charge in [0.05, 0.1) is 6.33 Å². The zero-order valence-corrected chi connectivity index (χ0v) is 10.8. The van der Waals surface area contributed by atoms with Gasteiger partial charge < -0.3 is 10.3 Å². The predicted molar refractivity (Wildman–Crippen MR) is 71.0 cm³/mol. The largest absolute Gasteiger partial charge is 0.366 e. The van der Waals surface area contributed by atoms with Gasteiger partial charge in [-0.3, -0.25) is 4.79 Å². The van der Waals surface area contributed by atoms with Crippen LogP contribution in [0.15, 0.2) is 27.9 Å². The molecule has 0 spiro atoms. The molecule has 90 valence electrons. The molecule has 2 N–H and O–H groups in total. The average molecular weight is 270 g/mol. The molecule has 2 aromatic rings. The Morgan fingerprint density at radius 1 is 1.65 bits per heavy atom. The normalized spacial score (nSPS) is 12.4. The zero-order valence-electron chi connectivity index (χ0n) is 9.24. The fourth-order valence-electron chi connectivity index (χ4n) is 1.53. The summed E-state index contributed by atoms with van der Waals surface area (Å²) in [5.41, 5.74) is 0.933. The number of rotatable bonds is 4. The van der Waals surface area contributed by atoms with Gasteiger partial charge in [0, 0.05) is 6.04 Å². The van der Waals surface area contributed by atoms with Crippen LogP contribution in [-0.4, -0.2) is 16.0 Å². The summed E-state index contributed by atoms with van der Waals surface area (Å²) in [5.74, 6) is 0.429. The first-order valence-corrected chi connectivity index (χ1v) is 6.49. The van der Waals surface area contributed by atoms with Crippen LogP contribution in [0.5, 0.6) is 0 Å². The number of thiophene rings is 1. The van der Waals surface area contributed by atoms with Crippen LogP contribution in [0.1, 0.15) is 12.5 Å². The Labute approximate surface area is 108 Å². The average Bonchev–Trinajstić information content (AvgIpc) is 2.77. The molecule has 0 aliphatic heterocycles. The van der Waals surface area contributed by atoms with Crippen LogP contribution in [0.25, 0.3) is 0 Å². The van der Waals surface area contributed by atoms with E-state index >= 15 is 0 Å². The highest BCUT2D eigenvalue weighted by molar-refractivity contribution is 7.07. The van der Waals surface area contributed by atoms with Gasteiger partial charge in [-0.1, -0.05) is 11.6 Å². The molecular formula is C11H12ClN3OS. The third kappa shape index (κ3) is 3.08. The molecular weight excluding hydrogens is 258 g/mol. The Balaban J connectivity index is 2.05. The first-order valence-electron chi connectivity index (χ1n) is 5.17. The summed E-state index contributed by atoms with van der Waals surface area (Å²) >= 11 is 7.52. The standard InChI is InChI=1S/C11H12ClN3OS/c1-7(4-8-2-3-17-5-8)15-10-9(12)11(16)14-6-13-10/h2-3,5-7H,4H2,1H3,(H2,13,14,15,16). The van der Waals surface area contributed by atoms with Gasteiger partial charge in [0.2, 0.25) is 0 Å². The first kappa shape index (κ1) is 12.1. The van der Waals surface area contributed by atoms with Crippen molar-refractivity contribution in [3.63, 3.8) is 0 Å². The van der Waals surface area contributed by atoms with E-state index in [9.17, 15) is 4.79 Å². The van der Waals surface area contributed by atoms with Gasteiger partial charge in [0.25, 0.3) is 5.56 Å². The predicted octanol–water partition coefficient (Wildman–Crippen LogP) is 2.53. The smallest absolute Gasteiger partial charge is 0.271 e. The highest BCUT2D eigenvalue weighted by Gasteiger charge is 2.09. The monoisotopic (exact) mass is 269 g/mol. The molecule has 0 saturated carbocycles. The SMILES string of the molecule is CC(Cc1ccsc1)Nc1nc[nH]c(=O)c1Cl. The Hall–Kier alpha value is -1.33. The van der Waals surface area contributed by atoms with Gasteiger partial charge in [0.1, 0.15) is 5.02 Å². The minimum atomic E-state index is -0.327. The maximum Gasteiger partial charge on any atom is 0.271 e. The van der Waals surface area contributed by atoms with Crippen molar-refractivity contribution in [1.29, 1.82) is 0 Å². The molecule has 4 nitrogen and oxygen atoms in total. The molecule has 0 fully saturated rings. The van der Waals surface area contributed by atoms with Gasteiger partial charge >= 0.3 is 0 Å². The lowest BCUT2D eigenvalue weighted by Crippen LogP contribution is -2.21. The Morgan fingerprint density at radius 3 is 3.18 bits per heavy atom. The van der Waals surface area contributed by atoms with Crippen molar-refractivity contribution in [2.75, 3.05) is 5.32 Å². The summed E-state index contributed by atoms with van der Waals surface area (Å²) in [4.78, 5) is 17.7. The van der Waals surface area contributed by atoms with Gasteiger partial charge in [-0.25, -0.2) is 4.98 Å². The Bertz CT molecular complexity index is 538. The van der Waals surface area contributed by atoms with E-state index in [1.807, 2.05) is 12.3 Å². The van der Waals surface area contributed by atoms with E-state index in [1.165, 1.54) is 11.9 Å². The molecule has 1 atom stereocenters. The van der Waals surface area contributed by atoms with E-state index in [1.54, 1.807) is 11.3 Å². The van der Waals surface area contributed by atoms with Crippen LogP contribution in [0.4, 0.5) is 5.82 Å². The highest BCUT2D eigenvalue weighted by atomic mass is 35.5. The number of hydrogen-bond donors (Lipinski definition) is 2. The molecule has 2 heterocycles. The topological polar surface area (TPSA) is 57.8 Å². The third-order valence-corrected chi connectivity index (χ3v) is 3.38. The van der Waals surface area contributed by atoms with Crippen molar-refractivity contribution >= 4 is 28.8 Å². The van der Waals surface area contributed by atoms with Crippen molar-refractivity contribution in [1.82, 2.24) is 9.97 Å². The molecule has 0 aromatic carbocycles. The van der Waals surface area contributed by atoms with E-state index in [2.05, 4.69) is 26.7 Å². The minimum absolute atomic E-state index is 0.102. The number of halogens is 1. The van der Waals surface area contributed by atoms with Gasteiger partial charge in [-0.15, -0.1) is 0 Å². The van der Waals surface area contributed by atoms with E-state index in [4.69, 9.17) is 11.6 Å². The van der Waals surface area contributed by atoms with Crippen molar-refractivity contribution < 1.29 is 0 Å². The number of aromatic nitrogens is 2. The quantitative estimate of drug-likeness (QED) is 0.897. The molecule has 2 aromatic heterocycles. The maximum atomic E-state index is 11.3. The van der Waals surface area contributed by atoms with Crippen molar-refractivity contribution in [2.24, 2.45) is 0 Å². The van der Waals surface area contributed by atoms with Crippen LogP contribution in [0.3, 0.4) is 0 Å². The lowest BCUT2D eigenvalue weighted by molar-refractivity contribution is 0.785. The van der Waals surface area contributed by atoms with Crippen LogP contribution >= 0.6 is 22.9 Å². The molecule has 0 bridgehead atoms. The Kier molecular flexibility index (Phi) is 3.81. The summed E-state index contributed by atoms with van der Waals surface area (Å²) < 4.78 is 0. The Morgan fingerprint density at radius 2 is 2.47 bits per heavy atom. The molecule has 2 rings (SSSR count). The second-order valence-electron chi connectivity index (χ2n) is 3.78. The van der Waals surface area contributed by atoms with Gasteiger partial charge in [-0.2, -0.15) is 11.3 Å². The van der Waals surface area contributed by atoms with Crippen molar-refractivity contribution in [3.05, 3.63) is 44.1 Å². The third-order valence-electron chi connectivity index (χ3n) is 2.30. The lowest BCUT2D eigenvalue weighted by atomic mass is 10.1. The molecule has 6 heteroatoms. The summed E-state index contributed by atoms with van der Waals surface area (Å²) in [6, 6.07) is 2.24. The first-order chi connectivity index (χ1) is 8.16. The molecule has 1 unspecified atom stereocenters. The van der Waals surface area contributed by atoms with Crippen LogP contribution in [0.2, 0.25) is 5.02 Å². The number of H-pyrrole nitrogens is 1. The second kappa shape index (κ2) is 5.33. The highest BCUT2D eigenvalue weighted by Crippen LogP contribution is 2.15. The van der Waals surface area contributed by atoms with Crippen LogP contribution in [0, 0.1) is 0 Å². The van der Waals surface area contributed by atoms with Crippen LogP contribution < -0.4 is 10.9 Å². The summed E-state index contributed by atoms with van der Waals surface area (Å²) in [7, 11) is 0. The van der Waals surface area contributed by atoms with Crippen LogP contribution in [-0.2, 0) is 6.42 Å². The lowest BCUT2D eigenvalue weighted by Gasteiger charge is -2.14. The van der Waals surface area contributed by atoms with E-state index in [-0.39, 0.29) is 16.6 Å².